The molecule has 0 unspecified atom stereocenters. The molecule has 21 heavy (non-hydrogen) atoms. The average molecular weight is 295 g/mol. The second-order valence-electron chi connectivity index (χ2n) is 7.47. The van der Waals surface area contributed by atoms with Gasteiger partial charge in [-0.05, 0) is 32.6 Å². The summed E-state index contributed by atoms with van der Waals surface area (Å²) in [6.07, 6.45) is 5.04. The van der Waals surface area contributed by atoms with Crippen LogP contribution >= 0.6 is 0 Å². The van der Waals surface area contributed by atoms with Gasteiger partial charge < -0.3 is 19.5 Å². The monoisotopic (exact) mass is 295 g/mol. The van der Waals surface area contributed by atoms with Crippen LogP contribution < -0.4 is 0 Å². The molecule has 5 heteroatoms. The summed E-state index contributed by atoms with van der Waals surface area (Å²) in [5.41, 5.74) is -1.16. The van der Waals surface area contributed by atoms with Gasteiger partial charge in [0.1, 0.15) is 17.4 Å². The minimum atomic E-state index is -0.681. The Kier molecular flexibility index (Phi) is 2.80. The molecule has 1 saturated carbocycles. The number of rotatable bonds is 4. The first-order chi connectivity index (χ1) is 10.0. The average Bonchev–Trinajstić information content (AvgIpc) is 2.91. The smallest absolute Gasteiger partial charge is 0.231 e. The number of amides is 1. The maximum Gasteiger partial charge on any atom is 0.231 e. The summed E-state index contributed by atoms with van der Waals surface area (Å²) in [6, 6.07) is 0. The first kappa shape index (κ1) is 14.0. The molecule has 0 aromatic carbocycles. The van der Waals surface area contributed by atoms with Crippen molar-refractivity contribution in [2.24, 2.45) is 11.3 Å². The van der Waals surface area contributed by atoms with Crippen molar-refractivity contribution in [3.05, 3.63) is 0 Å². The highest BCUT2D eigenvalue weighted by atomic mass is 16.5. The van der Waals surface area contributed by atoms with E-state index in [1.165, 1.54) is 0 Å². The Morgan fingerprint density at radius 3 is 2.81 bits per heavy atom. The van der Waals surface area contributed by atoms with Crippen LogP contribution in [0.2, 0.25) is 0 Å². The van der Waals surface area contributed by atoms with Gasteiger partial charge in [0, 0.05) is 12.0 Å². The molecule has 0 spiro atoms. The fourth-order valence-electron chi connectivity index (χ4n) is 5.05. The van der Waals surface area contributed by atoms with Crippen molar-refractivity contribution in [1.29, 1.82) is 0 Å². The van der Waals surface area contributed by atoms with Crippen molar-refractivity contribution < 1.29 is 19.4 Å². The number of hydrogen-bond donors (Lipinski definition) is 1. The first-order valence-electron chi connectivity index (χ1n) is 8.24. The van der Waals surface area contributed by atoms with Crippen molar-refractivity contribution in [1.82, 2.24) is 4.90 Å². The minimum Gasteiger partial charge on any atom is -0.394 e. The van der Waals surface area contributed by atoms with Crippen LogP contribution in [0.5, 0.6) is 0 Å². The van der Waals surface area contributed by atoms with E-state index in [9.17, 15) is 9.90 Å². The quantitative estimate of drug-likeness (QED) is 0.849. The molecule has 3 aliphatic heterocycles. The molecule has 118 valence electrons. The Morgan fingerprint density at radius 2 is 2.19 bits per heavy atom. The van der Waals surface area contributed by atoms with E-state index < -0.39 is 11.1 Å². The van der Waals surface area contributed by atoms with Crippen LogP contribution in [0.1, 0.15) is 46.0 Å². The van der Waals surface area contributed by atoms with Crippen LogP contribution in [0.3, 0.4) is 0 Å². The molecule has 4 rings (SSSR count). The van der Waals surface area contributed by atoms with Gasteiger partial charge in [0.2, 0.25) is 5.91 Å². The van der Waals surface area contributed by atoms with Gasteiger partial charge in [-0.25, -0.2) is 0 Å². The predicted molar refractivity (Wildman–Crippen MR) is 75.4 cm³/mol. The minimum absolute atomic E-state index is 0.0789. The first-order valence-corrected chi connectivity index (χ1v) is 8.24. The Bertz CT molecular complexity index is 477. The van der Waals surface area contributed by atoms with Crippen LogP contribution in [0.25, 0.3) is 0 Å². The van der Waals surface area contributed by atoms with Crippen LogP contribution in [-0.4, -0.2) is 53.1 Å². The third-order valence-corrected chi connectivity index (χ3v) is 6.53. The van der Waals surface area contributed by atoms with E-state index in [0.29, 0.717) is 13.2 Å². The van der Waals surface area contributed by atoms with Gasteiger partial charge in [-0.2, -0.15) is 0 Å². The molecule has 0 bridgehead atoms. The van der Waals surface area contributed by atoms with E-state index in [2.05, 4.69) is 6.92 Å². The lowest BCUT2D eigenvalue weighted by atomic mass is 9.78. The lowest BCUT2D eigenvalue weighted by Gasteiger charge is -2.41. The summed E-state index contributed by atoms with van der Waals surface area (Å²) < 4.78 is 12.1. The highest BCUT2D eigenvalue weighted by Crippen LogP contribution is 2.62. The Hall–Kier alpha value is -0.650. The number of carbonyl (C=O) groups is 1. The van der Waals surface area contributed by atoms with Gasteiger partial charge in [-0.1, -0.05) is 13.3 Å². The van der Waals surface area contributed by atoms with E-state index >= 15 is 0 Å². The van der Waals surface area contributed by atoms with Gasteiger partial charge in [0.25, 0.3) is 0 Å². The zero-order valence-corrected chi connectivity index (χ0v) is 12.9. The molecule has 3 heterocycles. The van der Waals surface area contributed by atoms with Crippen LogP contribution in [-0.2, 0) is 14.3 Å². The summed E-state index contributed by atoms with van der Waals surface area (Å²) in [6.45, 7) is 5.10. The summed E-state index contributed by atoms with van der Waals surface area (Å²) in [5.74, 6) is 0.0161. The normalized spacial score (nSPS) is 46.8. The molecule has 1 aliphatic carbocycles. The maximum absolute atomic E-state index is 13.0. The zero-order valence-electron chi connectivity index (χ0n) is 12.9. The summed E-state index contributed by atoms with van der Waals surface area (Å²) in [5, 5.41) is 10.1. The van der Waals surface area contributed by atoms with E-state index in [0.717, 1.165) is 32.1 Å². The third kappa shape index (κ3) is 1.45. The fourth-order valence-corrected chi connectivity index (χ4v) is 5.05. The Labute approximate surface area is 125 Å². The van der Waals surface area contributed by atoms with Gasteiger partial charge >= 0.3 is 0 Å². The third-order valence-electron chi connectivity index (χ3n) is 6.53. The van der Waals surface area contributed by atoms with E-state index in [1.54, 1.807) is 0 Å². The molecule has 1 N–H and O–H groups in total. The topological polar surface area (TPSA) is 59.0 Å². The standard InChI is InChI=1S/C16H25NO4/c1-3-5-15(6-7-15)13-17-12(19)11-4-8-21-14(11,2)16(17,9-18)10-20-13/h11,13,18H,3-10H2,1-2H3/t11-,13-,14-,16-/m0/s1. The van der Waals surface area contributed by atoms with Crippen LogP contribution in [0, 0.1) is 11.3 Å². The van der Waals surface area contributed by atoms with Crippen molar-refractivity contribution in [2.75, 3.05) is 19.8 Å². The van der Waals surface area contributed by atoms with Crippen molar-refractivity contribution in [2.45, 2.75) is 63.3 Å². The molecule has 4 atom stereocenters. The van der Waals surface area contributed by atoms with Crippen molar-refractivity contribution in [3.63, 3.8) is 0 Å². The highest BCUT2D eigenvalue weighted by molar-refractivity contribution is 5.86. The zero-order chi connectivity index (χ0) is 14.9. The summed E-state index contributed by atoms with van der Waals surface area (Å²) in [7, 11) is 0. The lowest BCUT2D eigenvalue weighted by Crippen LogP contribution is -2.61. The largest absolute Gasteiger partial charge is 0.394 e. The summed E-state index contributed by atoms with van der Waals surface area (Å²) in [4.78, 5) is 14.9. The molecule has 0 radical (unpaired) electrons. The lowest BCUT2D eigenvalue weighted by molar-refractivity contribution is -0.144. The second kappa shape index (κ2) is 4.21. The number of fused-ring (bicyclic) bond motifs is 3. The number of carbonyl (C=O) groups excluding carboxylic acids is 1. The SMILES string of the molecule is CCCC1([C@@H]2OC[C@]3(CO)N2C(=O)[C@@H]2CCO[C@@]23C)CC1. The number of nitrogens with zero attached hydrogens (tertiary/aromatic N) is 1. The van der Waals surface area contributed by atoms with E-state index in [-0.39, 0.29) is 30.1 Å². The highest BCUT2D eigenvalue weighted by Gasteiger charge is 2.75. The van der Waals surface area contributed by atoms with Gasteiger partial charge in [-0.3, -0.25) is 4.79 Å². The molecule has 0 aromatic heterocycles. The molecule has 1 amide bonds. The van der Waals surface area contributed by atoms with Crippen LogP contribution in [0.15, 0.2) is 0 Å². The van der Waals surface area contributed by atoms with Crippen molar-refractivity contribution in [3.8, 4) is 0 Å². The van der Waals surface area contributed by atoms with Crippen LogP contribution in [0.4, 0.5) is 0 Å². The molecule has 4 fully saturated rings. The number of aliphatic hydroxyl groups is 1. The fraction of sp³-hybridized carbons (Fsp3) is 0.938. The Morgan fingerprint density at radius 1 is 1.43 bits per heavy atom. The molecule has 0 aromatic rings. The predicted octanol–water partition coefficient (Wildman–Crippen LogP) is 1.29. The molecular formula is C16H25NO4. The second-order valence-corrected chi connectivity index (χ2v) is 7.47. The van der Waals surface area contributed by atoms with Gasteiger partial charge in [0.15, 0.2) is 0 Å². The number of ether oxygens (including phenoxy) is 2. The van der Waals surface area contributed by atoms with Gasteiger partial charge in [0.05, 0.1) is 19.1 Å². The van der Waals surface area contributed by atoms with E-state index in [1.807, 2.05) is 11.8 Å². The Balaban J connectivity index is 1.74. The summed E-state index contributed by atoms with van der Waals surface area (Å²) >= 11 is 0. The van der Waals surface area contributed by atoms with E-state index in [4.69, 9.17) is 9.47 Å². The van der Waals surface area contributed by atoms with Crippen molar-refractivity contribution >= 4 is 5.91 Å². The maximum atomic E-state index is 13.0. The molecule has 3 saturated heterocycles. The number of aliphatic hydroxyl groups excluding tert-OH is 1. The molecule has 4 aliphatic rings. The molecular weight excluding hydrogens is 270 g/mol. The van der Waals surface area contributed by atoms with Gasteiger partial charge in [-0.15, -0.1) is 0 Å². The number of hydrogen-bond acceptors (Lipinski definition) is 4. The molecule has 5 nitrogen and oxygen atoms in total.